The van der Waals surface area contributed by atoms with Gasteiger partial charge in [0.2, 0.25) is 5.91 Å². The number of cyclic esters (lactones) is 1. The second-order valence-corrected chi connectivity index (χ2v) is 7.90. The first-order valence-electron chi connectivity index (χ1n) is 9.47. The van der Waals surface area contributed by atoms with Crippen molar-refractivity contribution in [2.75, 3.05) is 6.61 Å². The molecule has 1 fully saturated rings. The van der Waals surface area contributed by atoms with E-state index >= 15 is 0 Å². The van der Waals surface area contributed by atoms with Crippen molar-refractivity contribution < 1.29 is 23.9 Å². The van der Waals surface area contributed by atoms with Crippen molar-refractivity contribution in [3.8, 4) is 0 Å². The van der Waals surface area contributed by atoms with E-state index < -0.39 is 23.6 Å². The van der Waals surface area contributed by atoms with Gasteiger partial charge in [-0.25, -0.2) is 9.69 Å². The van der Waals surface area contributed by atoms with E-state index in [-0.39, 0.29) is 25.0 Å². The maximum atomic E-state index is 13.1. The number of esters is 1. The summed E-state index contributed by atoms with van der Waals surface area (Å²) in [6.07, 6.45) is 1.10. The number of imide groups is 1. The van der Waals surface area contributed by atoms with Crippen molar-refractivity contribution in [1.82, 2.24) is 4.90 Å². The Morgan fingerprint density at radius 3 is 2.52 bits per heavy atom. The van der Waals surface area contributed by atoms with E-state index in [1.54, 1.807) is 20.8 Å². The molecule has 1 heterocycles. The Hall–Kier alpha value is -2.37. The highest BCUT2D eigenvalue weighted by Crippen LogP contribution is 2.24. The molecule has 0 aromatic heterocycles. The van der Waals surface area contributed by atoms with Crippen LogP contribution in [0.1, 0.15) is 52.5 Å². The minimum Gasteiger partial charge on any atom is -0.460 e. The van der Waals surface area contributed by atoms with Crippen molar-refractivity contribution in [1.29, 1.82) is 0 Å². The zero-order valence-electron chi connectivity index (χ0n) is 16.6. The normalized spacial score (nSPS) is 18.1. The van der Waals surface area contributed by atoms with Gasteiger partial charge in [-0.1, -0.05) is 43.7 Å². The highest BCUT2D eigenvalue weighted by molar-refractivity contribution is 5.96. The maximum absolute atomic E-state index is 13.1. The average Bonchev–Trinajstić information content (AvgIpc) is 2.93. The molecule has 148 valence electrons. The van der Waals surface area contributed by atoms with E-state index in [0.29, 0.717) is 12.8 Å². The molecular weight excluding hydrogens is 346 g/mol. The summed E-state index contributed by atoms with van der Waals surface area (Å²) in [6.45, 7) is 7.48. The van der Waals surface area contributed by atoms with Crippen LogP contribution in [0.3, 0.4) is 0 Å². The Morgan fingerprint density at radius 2 is 1.93 bits per heavy atom. The van der Waals surface area contributed by atoms with Crippen LogP contribution < -0.4 is 0 Å². The minimum absolute atomic E-state index is 0.0359. The lowest BCUT2D eigenvalue weighted by molar-refractivity contribution is -0.158. The number of carbonyl (C=O) groups excluding carboxylic acids is 3. The standard InChI is InChI=1S/C21H29NO5/c1-5-9-16(13-18(23)27-21(2,3)4)19(24)22-17(14-26-20(22)25)12-15-10-7-6-8-11-15/h6-8,10-11,16-17H,5,9,12-14H2,1-4H3. The Bertz CT molecular complexity index is 665. The average molecular weight is 375 g/mol. The zero-order chi connectivity index (χ0) is 20.0. The molecule has 6 heteroatoms. The summed E-state index contributed by atoms with van der Waals surface area (Å²) in [7, 11) is 0. The van der Waals surface area contributed by atoms with Crippen molar-refractivity contribution in [3.05, 3.63) is 35.9 Å². The summed E-state index contributed by atoms with van der Waals surface area (Å²) < 4.78 is 10.5. The molecule has 0 radical (unpaired) electrons. The number of hydrogen-bond donors (Lipinski definition) is 0. The zero-order valence-corrected chi connectivity index (χ0v) is 16.6. The molecular formula is C21H29NO5. The third kappa shape index (κ3) is 6.08. The van der Waals surface area contributed by atoms with Crippen LogP contribution in [0.15, 0.2) is 30.3 Å². The van der Waals surface area contributed by atoms with Crippen LogP contribution in [-0.2, 0) is 25.5 Å². The summed E-state index contributed by atoms with van der Waals surface area (Å²) in [5, 5.41) is 0. The Labute approximate surface area is 160 Å². The predicted molar refractivity (Wildman–Crippen MR) is 101 cm³/mol. The van der Waals surface area contributed by atoms with Gasteiger partial charge in [-0.3, -0.25) is 9.59 Å². The number of benzene rings is 1. The predicted octanol–water partition coefficient (Wildman–Crippen LogP) is 3.72. The first kappa shape index (κ1) is 20.9. The van der Waals surface area contributed by atoms with E-state index in [4.69, 9.17) is 9.47 Å². The Morgan fingerprint density at radius 1 is 1.26 bits per heavy atom. The molecule has 2 unspecified atom stereocenters. The fourth-order valence-electron chi connectivity index (χ4n) is 3.21. The van der Waals surface area contributed by atoms with Crippen molar-refractivity contribution in [3.63, 3.8) is 0 Å². The monoisotopic (exact) mass is 375 g/mol. The maximum Gasteiger partial charge on any atom is 0.416 e. The third-order valence-corrected chi connectivity index (χ3v) is 4.33. The van der Waals surface area contributed by atoms with E-state index in [2.05, 4.69) is 0 Å². The first-order valence-corrected chi connectivity index (χ1v) is 9.47. The summed E-state index contributed by atoms with van der Waals surface area (Å²) in [5.41, 5.74) is 0.414. The van der Waals surface area contributed by atoms with Gasteiger partial charge in [0.1, 0.15) is 12.2 Å². The van der Waals surface area contributed by atoms with Crippen LogP contribution in [0.2, 0.25) is 0 Å². The van der Waals surface area contributed by atoms with Crippen LogP contribution in [0.5, 0.6) is 0 Å². The quantitative estimate of drug-likeness (QED) is 0.679. The van der Waals surface area contributed by atoms with Gasteiger partial charge in [0, 0.05) is 5.92 Å². The lowest BCUT2D eigenvalue weighted by atomic mass is 9.96. The number of hydrogen-bond acceptors (Lipinski definition) is 5. The molecule has 1 aromatic carbocycles. The van der Waals surface area contributed by atoms with Crippen LogP contribution in [0.4, 0.5) is 4.79 Å². The lowest BCUT2D eigenvalue weighted by Gasteiger charge is -2.26. The molecule has 0 N–H and O–H groups in total. The van der Waals surface area contributed by atoms with Gasteiger partial charge >= 0.3 is 12.1 Å². The summed E-state index contributed by atoms with van der Waals surface area (Å²) in [6, 6.07) is 9.31. The van der Waals surface area contributed by atoms with Crippen LogP contribution >= 0.6 is 0 Å². The molecule has 0 bridgehead atoms. The number of ether oxygens (including phenoxy) is 2. The van der Waals surface area contributed by atoms with Gasteiger partial charge in [-0.2, -0.15) is 0 Å². The molecule has 1 saturated heterocycles. The van der Waals surface area contributed by atoms with Gasteiger partial charge in [-0.05, 0) is 39.2 Å². The molecule has 2 amide bonds. The number of amides is 2. The van der Waals surface area contributed by atoms with Gasteiger partial charge in [0.15, 0.2) is 0 Å². The third-order valence-electron chi connectivity index (χ3n) is 4.33. The smallest absolute Gasteiger partial charge is 0.416 e. The molecule has 0 spiro atoms. The summed E-state index contributed by atoms with van der Waals surface area (Å²) in [4.78, 5) is 38.7. The largest absolute Gasteiger partial charge is 0.460 e. The lowest BCUT2D eigenvalue weighted by Crippen LogP contribution is -2.44. The van der Waals surface area contributed by atoms with Gasteiger partial charge in [0.05, 0.1) is 12.5 Å². The molecule has 1 aliphatic heterocycles. The molecule has 2 rings (SSSR count). The summed E-state index contributed by atoms with van der Waals surface area (Å²) in [5.74, 6) is -1.37. The SMILES string of the molecule is CCCC(CC(=O)OC(C)(C)C)C(=O)N1C(=O)OCC1Cc1ccccc1. The first-order chi connectivity index (χ1) is 12.7. The van der Waals surface area contributed by atoms with Crippen LogP contribution in [0.25, 0.3) is 0 Å². The molecule has 1 aromatic rings. The molecule has 0 saturated carbocycles. The van der Waals surface area contributed by atoms with Crippen LogP contribution in [-0.4, -0.2) is 41.1 Å². The van der Waals surface area contributed by atoms with E-state index in [1.165, 1.54) is 4.90 Å². The van der Waals surface area contributed by atoms with E-state index in [0.717, 1.165) is 12.0 Å². The Kier molecular flexibility index (Phi) is 6.99. The molecule has 27 heavy (non-hydrogen) atoms. The van der Waals surface area contributed by atoms with Crippen molar-refractivity contribution in [2.45, 2.75) is 65.0 Å². The molecule has 0 aliphatic carbocycles. The van der Waals surface area contributed by atoms with Crippen molar-refractivity contribution >= 4 is 18.0 Å². The fraction of sp³-hybridized carbons (Fsp3) is 0.571. The highest BCUT2D eigenvalue weighted by atomic mass is 16.6. The minimum atomic E-state index is -0.633. The number of carbonyl (C=O) groups is 3. The summed E-state index contributed by atoms with van der Waals surface area (Å²) >= 11 is 0. The molecule has 6 nitrogen and oxygen atoms in total. The Balaban J connectivity index is 2.11. The number of rotatable bonds is 7. The van der Waals surface area contributed by atoms with Gasteiger partial charge in [-0.15, -0.1) is 0 Å². The van der Waals surface area contributed by atoms with Crippen LogP contribution in [0, 0.1) is 5.92 Å². The van der Waals surface area contributed by atoms with E-state index in [1.807, 2.05) is 37.3 Å². The second-order valence-electron chi connectivity index (χ2n) is 7.90. The van der Waals surface area contributed by atoms with Gasteiger partial charge in [0.25, 0.3) is 0 Å². The second kappa shape index (κ2) is 9.02. The topological polar surface area (TPSA) is 72.9 Å². The number of nitrogens with zero attached hydrogens (tertiary/aromatic N) is 1. The fourth-order valence-corrected chi connectivity index (χ4v) is 3.21. The van der Waals surface area contributed by atoms with Gasteiger partial charge < -0.3 is 9.47 Å². The molecule has 2 atom stereocenters. The van der Waals surface area contributed by atoms with E-state index in [9.17, 15) is 14.4 Å². The highest BCUT2D eigenvalue weighted by Gasteiger charge is 2.41. The van der Waals surface area contributed by atoms with Crippen molar-refractivity contribution in [2.24, 2.45) is 5.92 Å². The molecule has 1 aliphatic rings.